The van der Waals surface area contributed by atoms with Gasteiger partial charge in [0.1, 0.15) is 28.5 Å². The van der Waals surface area contributed by atoms with Crippen LogP contribution in [0.1, 0.15) is 24.5 Å². The number of hydrogen-bond acceptors (Lipinski definition) is 8. The van der Waals surface area contributed by atoms with E-state index in [-0.39, 0.29) is 35.1 Å². The molecule has 7 nitrogen and oxygen atoms in total. The maximum atomic E-state index is 9.90. The second-order valence-electron chi connectivity index (χ2n) is 5.19. The molecule has 0 amide bonds. The number of nitrogens with zero attached hydrogens (tertiary/aromatic N) is 3. The first-order chi connectivity index (χ1) is 12.6. The Bertz CT molecular complexity index is 887. The first-order valence-corrected chi connectivity index (χ1v) is 8.89. The molecule has 0 aliphatic carbocycles. The Morgan fingerprint density at radius 1 is 1.27 bits per heavy atom. The Balaban J connectivity index is 2.68. The molecule has 2 aromatic rings. The van der Waals surface area contributed by atoms with Gasteiger partial charge in [0.05, 0.1) is 12.2 Å². The molecule has 0 saturated heterocycles. The molecule has 0 aliphatic heterocycles. The van der Waals surface area contributed by atoms with Crippen LogP contribution in [0.25, 0.3) is 11.1 Å². The van der Waals surface area contributed by atoms with Gasteiger partial charge in [-0.2, -0.15) is 10.5 Å². The summed E-state index contributed by atoms with van der Waals surface area (Å²) >= 11 is 1.29. The minimum Gasteiger partial charge on any atom is -0.504 e. The quantitative estimate of drug-likeness (QED) is 0.500. The van der Waals surface area contributed by atoms with Gasteiger partial charge in [-0.25, -0.2) is 4.98 Å². The molecule has 1 heterocycles. The van der Waals surface area contributed by atoms with Crippen LogP contribution >= 0.6 is 11.8 Å². The predicted molar refractivity (Wildman–Crippen MR) is 98.8 cm³/mol. The van der Waals surface area contributed by atoms with Crippen LogP contribution in [0.4, 0.5) is 5.82 Å². The molecule has 0 radical (unpaired) electrons. The number of aliphatic hydroxyl groups excluding tert-OH is 1. The van der Waals surface area contributed by atoms with Gasteiger partial charge in [0.15, 0.2) is 11.5 Å². The van der Waals surface area contributed by atoms with E-state index in [0.29, 0.717) is 34.9 Å². The first-order valence-electron chi connectivity index (χ1n) is 7.90. The third-order valence-electron chi connectivity index (χ3n) is 3.51. The fourth-order valence-corrected chi connectivity index (χ4v) is 3.29. The number of nitriles is 2. The highest BCUT2D eigenvalue weighted by Gasteiger charge is 2.21. The highest BCUT2D eigenvalue weighted by atomic mass is 32.2. The zero-order chi connectivity index (χ0) is 19.1. The lowest BCUT2D eigenvalue weighted by Crippen LogP contribution is -2.04. The Morgan fingerprint density at radius 3 is 2.62 bits per heavy atom. The number of aliphatic hydroxyl groups is 1. The molecule has 4 N–H and O–H groups in total. The summed E-state index contributed by atoms with van der Waals surface area (Å²) in [5.41, 5.74) is 7.15. The number of benzene rings is 1. The minimum atomic E-state index is -0.0350. The van der Waals surface area contributed by atoms with E-state index in [1.165, 1.54) is 17.8 Å². The number of aromatic nitrogens is 1. The molecule has 1 aromatic heterocycles. The maximum Gasteiger partial charge on any atom is 0.161 e. The standard InChI is InChI=1S/C18H18N4O3S/c1-2-25-15-8-11(4-5-14(15)24)16-12(9-19)17(21)22-18(13(16)10-20)26-7-3-6-23/h4-5,8,23-24H,2-3,6-7H2,1H3,(H2,21,22). The van der Waals surface area contributed by atoms with Crippen LogP contribution in [0.2, 0.25) is 0 Å². The number of thioether (sulfide) groups is 1. The highest BCUT2D eigenvalue weighted by Crippen LogP contribution is 2.39. The third kappa shape index (κ3) is 3.99. The lowest BCUT2D eigenvalue weighted by atomic mass is 9.96. The van der Waals surface area contributed by atoms with Crippen molar-refractivity contribution >= 4 is 17.6 Å². The number of nitrogens with two attached hydrogens (primary N) is 1. The number of phenolic OH excluding ortho intramolecular Hbond substituents is 1. The van der Waals surface area contributed by atoms with Gasteiger partial charge in [-0.3, -0.25) is 0 Å². The van der Waals surface area contributed by atoms with Crippen LogP contribution in [-0.2, 0) is 0 Å². The van der Waals surface area contributed by atoms with E-state index in [4.69, 9.17) is 15.6 Å². The lowest BCUT2D eigenvalue weighted by molar-refractivity contribution is 0.296. The molecule has 0 unspecified atom stereocenters. The van der Waals surface area contributed by atoms with E-state index < -0.39 is 0 Å². The Morgan fingerprint density at radius 2 is 2.00 bits per heavy atom. The second-order valence-corrected chi connectivity index (χ2v) is 6.28. The molecule has 0 atom stereocenters. The Kier molecular flexibility index (Phi) is 6.67. The van der Waals surface area contributed by atoms with E-state index in [1.54, 1.807) is 19.1 Å². The van der Waals surface area contributed by atoms with E-state index in [0.717, 1.165) is 0 Å². The van der Waals surface area contributed by atoms with E-state index >= 15 is 0 Å². The molecular formula is C18H18N4O3S. The molecule has 0 saturated carbocycles. The van der Waals surface area contributed by atoms with Crippen LogP contribution in [0, 0.1) is 22.7 Å². The minimum absolute atomic E-state index is 0.0269. The van der Waals surface area contributed by atoms with Gasteiger partial charge in [0.2, 0.25) is 0 Å². The molecule has 26 heavy (non-hydrogen) atoms. The molecule has 2 rings (SSSR count). The molecule has 8 heteroatoms. The summed E-state index contributed by atoms with van der Waals surface area (Å²) in [6.45, 7) is 2.17. The average Bonchev–Trinajstić information content (AvgIpc) is 2.63. The summed E-state index contributed by atoms with van der Waals surface area (Å²) in [5.74, 6) is 0.803. The first kappa shape index (κ1) is 19.4. The summed E-state index contributed by atoms with van der Waals surface area (Å²) in [6.07, 6.45) is 0.542. The number of ether oxygens (including phenoxy) is 1. The number of hydrogen-bond donors (Lipinski definition) is 3. The van der Waals surface area contributed by atoms with Crippen molar-refractivity contribution in [2.24, 2.45) is 0 Å². The zero-order valence-electron chi connectivity index (χ0n) is 14.2. The zero-order valence-corrected chi connectivity index (χ0v) is 15.0. The normalized spacial score (nSPS) is 10.2. The van der Waals surface area contributed by atoms with E-state index in [9.17, 15) is 15.6 Å². The van der Waals surface area contributed by atoms with Crippen LogP contribution in [0.15, 0.2) is 23.2 Å². The maximum absolute atomic E-state index is 9.90. The van der Waals surface area contributed by atoms with Gasteiger partial charge in [0, 0.05) is 17.9 Å². The van der Waals surface area contributed by atoms with Crippen molar-refractivity contribution < 1.29 is 14.9 Å². The smallest absolute Gasteiger partial charge is 0.161 e. The van der Waals surface area contributed by atoms with Gasteiger partial charge in [-0.05, 0) is 31.0 Å². The Labute approximate surface area is 155 Å². The largest absolute Gasteiger partial charge is 0.504 e. The summed E-state index contributed by atoms with van der Waals surface area (Å²) in [4.78, 5) is 4.18. The summed E-state index contributed by atoms with van der Waals surface area (Å²) in [7, 11) is 0. The highest BCUT2D eigenvalue weighted by molar-refractivity contribution is 7.99. The molecule has 0 bridgehead atoms. The van der Waals surface area contributed by atoms with Crippen molar-refractivity contribution in [3.8, 4) is 34.8 Å². The van der Waals surface area contributed by atoms with Gasteiger partial charge in [0.25, 0.3) is 0 Å². The van der Waals surface area contributed by atoms with Crippen molar-refractivity contribution in [2.75, 3.05) is 24.7 Å². The van der Waals surface area contributed by atoms with Crippen LogP contribution < -0.4 is 10.5 Å². The number of aromatic hydroxyl groups is 1. The topological polar surface area (TPSA) is 136 Å². The molecule has 0 fully saturated rings. The number of phenols is 1. The summed E-state index contributed by atoms with van der Waals surface area (Å²) in [5, 5.41) is 38.4. The average molecular weight is 370 g/mol. The van der Waals surface area contributed by atoms with Crippen LogP contribution in [0.5, 0.6) is 11.5 Å². The van der Waals surface area contributed by atoms with Crippen molar-refractivity contribution in [3.63, 3.8) is 0 Å². The summed E-state index contributed by atoms with van der Waals surface area (Å²) in [6, 6.07) is 8.71. The third-order valence-corrected chi connectivity index (χ3v) is 4.57. The number of anilines is 1. The second kappa shape index (κ2) is 8.95. The lowest BCUT2D eigenvalue weighted by Gasteiger charge is -2.14. The molecule has 0 spiro atoms. The van der Waals surface area contributed by atoms with Gasteiger partial charge >= 0.3 is 0 Å². The van der Waals surface area contributed by atoms with Gasteiger partial charge in [-0.15, -0.1) is 11.8 Å². The fourth-order valence-electron chi connectivity index (χ4n) is 2.37. The molecule has 134 valence electrons. The van der Waals surface area contributed by atoms with E-state index in [1.807, 2.05) is 6.07 Å². The molecule has 1 aromatic carbocycles. The SMILES string of the molecule is CCOc1cc(-c2c(C#N)c(N)nc(SCCCO)c2C#N)ccc1O. The molecular weight excluding hydrogens is 352 g/mol. The van der Waals surface area contributed by atoms with Gasteiger partial charge < -0.3 is 20.7 Å². The molecule has 0 aliphatic rings. The van der Waals surface area contributed by atoms with Crippen molar-refractivity contribution in [2.45, 2.75) is 18.4 Å². The van der Waals surface area contributed by atoms with Crippen LogP contribution in [0.3, 0.4) is 0 Å². The number of rotatable bonds is 7. The van der Waals surface area contributed by atoms with Crippen LogP contribution in [-0.4, -0.2) is 34.2 Å². The van der Waals surface area contributed by atoms with Crippen molar-refractivity contribution in [1.29, 1.82) is 10.5 Å². The number of pyridine rings is 1. The monoisotopic (exact) mass is 370 g/mol. The Hall–Kier alpha value is -2.94. The fraction of sp³-hybridized carbons (Fsp3) is 0.278. The van der Waals surface area contributed by atoms with E-state index in [2.05, 4.69) is 11.1 Å². The van der Waals surface area contributed by atoms with Gasteiger partial charge in [-0.1, -0.05) is 6.07 Å². The predicted octanol–water partition coefficient (Wildman–Crippen LogP) is 2.65. The van der Waals surface area contributed by atoms with Crippen molar-refractivity contribution in [3.05, 3.63) is 29.3 Å². The van der Waals surface area contributed by atoms with Crippen molar-refractivity contribution in [1.82, 2.24) is 4.98 Å². The summed E-state index contributed by atoms with van der Waals surface area (Å²) < 4.78 is 5.39. The number of nitrogen functional groups attached to an aromatic ring is 1.